The number of rotatable bonds is 9. The van der Waals surface area contributed by atoms with Gasteiger partial charge in [-0.1, -0.05) is 55.8 Å². The minimum Gasteiger partial charge on any atom is -0.489 e. The fraction of sp³-hybridized carbons (Fsp3) is 0.368. The highest BCUT2D eigenvalue weighted by Gasteiger charge is 2.07. The van der Waals surface area contributed by atoms with E-state index in [9.17, 15) is 5.11 Å². The molecule has 0 radical (unpaired) electrons. The molecule has 0 heterocycles. The number of unbranched alkanes of at least 4 members (excludes halogenated alkanes) is 1. The standard InChI is InChI=1S/C19H25NO2/c1-2-3-13-20-14-19(21)17-9-11-18(12-10-17)22-15-16-7-5-4-6-8-16/h4-12,19-21H,2-3,13-15H2,1H3. The third-order valence-corrected chi connectivity index (χ3v) is 3.56. The second-order valence-electron chi connectivity index (χ2n) is 5.42. The summed E-state index contributed by atoms with van der Waals surface area (Å²) in [5, 5.41) is 13.4. The lowest BCUT2D eigenvalue weighted by Gasteiger charge is -2.13. The number of aliphatic hydroxyl groups excluding tert-OH is 1. The fourth-order valence-corrected chi connectivity index (χ4v) is 2.19. The van der Waals surface area contributed by atoms with Gasteiger partial charge in [0.05, 0.1) is 6.10 Å². The van der Waals surface area contributed by atoms with Crippen LogP contribution in [0.1, 0.15) is 37.0 Å². The van der Waals surface area contributed by atoms with Gasteiger partial charge in [-0.15, -0.1) is 0 Å². The highest BCUT2D eigenvalue weighted by Crippen LogP contribution is 2.18. The van der Waals surface area contributed by atoms with E-state index in [1.807, 2.05) is 54.6 Å². The molecule has 2 rings (SSSR count). The van der Waals surface area contributed by atoms with E-state index in [-0.39, 0.29) is 0 Å². The van der Waals surface area contributed by atoms with E-state index in [1.54, 1.807) is 0 Å². The van der Waals surface area contributed by atoms with E-state index in [2.05, 4.69) is 12.2 Å². The molecule has 2 aromatic carbocycles. The molecule has 0 spiro atoms. The third kappa shape index (κ3) is 5.51. The maximum Gasteiger partial charge on any atom is 0.119 e. The summed E-state index contributed by atoms with van der Waals surface area (Å²) in [5.74, 6) is 0.818. The molecule has 1 unspecified atom stereocenters. The SMILES string of the molecule is CCCCNCC(O)c1ccc(OCc2ccccc2)cc1. The highest BCUT2D eigenvalue weighted by atomic mass is 16.5. The first-order valence-electron chi connectivity index (χ1n) is 7.95. The predicted octanol–water partition coefficient (Wildman–Crippen LogP) is 3.69. The average Bonchev–Trinajstić information content (AvgIpc) is 2.58. The lowest BCUT2D eigenvalue weighted by molar-refractivity contribution is 0.174. The van der Waals surface area contributed by atoms with Gasteiger partial charge in [0.25, 0.3) is 0 Å². The molecule has 3 heteroatoms. The zero-order valence-corrected chi connectivity index (χ0v) is 13.2. The largest absolute Gasteiger partial charge is 0.489 e. The molecule has 0 saturated heterocycles. The molecular weight excluding hydrogens is 274 g/mol. The lowest BCUT2D eigenvalue weighted by Crippen LogP contribution is -2.22. The van der Waals surface area contributed by atoms with E-state index in [4.69, 9.17) is 4.74 Å². The molecule has 0 bridgehead atoms. The molecule has 2 aromatic rings. The molecular formula is C19H25NO2. The van der Waals surface area contributed by atoms with Gasteiger partial charge in [-0.25, -0.2) is 0 Å². The van der Waals surface area contributed by atoms with Crippen LogP contribution in [0.4, 0.5) is 0 Å². The first-order chi connectivity index (χ1) is 10.8. The first kappa shape index (κ1) is 16.5. The first-order valence-corrected chi connectivity index (χ1v) is 7.95. The summed E-state index contributed by atoms with van der Waals surface area (Å²) >= 11 is 0. The third-order valence-electron chi connectivity index (χ3n) is 3.56. The molecule has 22 heavy (non-hydrogen) atoms. The zero-order chi connectivity index (χ0) is 15.6. The van der Waals surface area contributed by atoms with Crippen LogP contribution in [0.3, 0.4) is 0 Å². The van der Waals surface area contributed by atoms with E-state index in [0.717, 1.165) is 36.3 Å². The molecule has 0 saturated carbocycles. The van der Waals surface area contributed by atoms with Crippen molar-refractivity contribution in [2.24, 2.45) is 0 Å². The summed E-state index contributed by atoms with van der Waals surface area (Å²) in [6.07, 6.45) is 1.83. The monoisotopic (exact) mass is 299 g/mol. The second kappa shape index (κ2) is 9.23. The van der Waals surface area contributed by atoms with Gasteiger partial charge >= 0.3 is 0 Å². The quantitative estimate of drug-likeness (QED) is 0.694. The number of hydrogen-bond donors (Lipinski definition) is 2. The van der Waals surface area contributed by atoms with Crippen molar-refractivity contribution < 1.29 is 9.84 Å². The van der Waals surface area contributed by atoms with E-state index in [0.29, 0.717) is 13.2 Å². The van der Waals surface area contributed by atoms with Crippen molar-refractivity contribution in [1.82, 2.24) is 5.32 Å². The smallest absolute Gasteiger partial charge is 0.119 e. The maximum absolute atomic E-state index is 10.1. The Labute approximate surface area is 133 Å². The summed E-state index contributed by atoms with van der Waals surface area (Å²) in [5.41, 5.74) is 2.06. The molecule has 118 valence electrons. The van der Waals surface area contributed by atoms with Crippen LogP contribution >= 0.6 is 0 Å². The zero-order valence-electron chi connectivity index (χ0n) is 13.2. The minimum absolute atomic E-state index is 0.472. The Morgan fingerprint density at radius 3 is 2.45 bits per heavy atom. The van der Waals surface area contributed by atoms with Gasteiger partial charge in [0, 0.05) is 6.54 Å². The van der Waals surface area contributed by atoms with Crippen LogP contribution in [0.25, 0.3) is 0 Å². The van der Waals surface area contributed by atoms with Crippen LogP contribution in [0, 0.1) is 0 Å². The highest BCUT2D eigenvalue weighted by molar-refractivity contribution is 5.29. The Morgan fingerprint density at radius 2 is 1.77 bits per heavy atom. The van der Waals surface area contributed by atoms with Crippen molar-refractivity contribution in [3.8, 4) is 5.75 Å². The van der Waals surface area contributed by atoms with Gasteiger partial charge in [0.1, 0.15) is 12.4 Å². The Hall–Kier alpha value is -1.84. The number of nitrogens with one attached hydrogen (secondary N) is 1. The molecule has 1 atom stereocenters. The Bertz CT molecular complexity index is 525. The molecule has 0 amide bonds. The second-order valence-corrected chi connectivity index (χ2v) is 5.42. The Morgan fingerprint density at radius 1 is 1.05 bits per heavy atom. The van der Waals surface area contributed by atoms with Crippen molar-refractivity contribution in [1.29, 1.82) is 0 Å². The fourth-order valence-electron chi connectivity index (χ4n) is 2.19. The summed E-state index contributed by atoms with van der Waals surface area (Å²) < 4.78 is 5.74. The van der Waals surface area contributed by atoms with Crippen molar-refractivity contribution in [2.45, 2.75) is 32.5 Å². The number of aliphatic hydroxyl groups is 1. The van der Waals surface area contributed by atoms with Gasteiger partial charge in [0.2, 0.25) is 0 Å². The Kier molecular flexibility index (Phi) is 6.94. The molecule has 0 fully saturated rings. The summed E-state index contributed by atoms with van der Waals surface area (Å²) in [4.78, 5) is 0. The predicted molar refractivity (Wildman–Crippen MR) is 90.0 cm³/mol. The summed E-state index contributed by atoms with van der Waals surface area (Å²) in [7, 11) is 0. The van der Waals surface area contributed by atoms with E-state index < -0.39 is 6.10 Å². The van der Waals surface area contributed by atoms with Crippen LogP contribution in [-0.4, -0.2) is 18.2 Å². The van der Waals surface area contributed by atoms with Crippen molar-refractivity contribution >= 4 is 0 Å². The Balaban J connectivity index is 1.79. The molecule has 0 aliphatic rings. The molecule has 3 nitrogen and oxygen atoms in total. The van der Waals surface area contributed by atoms with E-state index in [1.165, 1.54) is 0 Å². The lowest BCUT2D eigenvalue weighted by atomic mass is 10.1. The van der Waals surface area contributed by atoms with Gasteiger partial charge in [0.15, 0.2) is 0 Å². The topological polar surface area (TPSA) is 41.5 Å². The number of benzene rings is 2. The summed E-state index contributed by atoms with van der Waals surface area (Å²) in [6.45, 7) is 4.25. The average molecular weight is 299 g/mol. The van der Waals surface area contributed by atoms with Gasteiger partial charge in [-0.2, -0.15) is 0 Å². The molecule has 2 N–H and O–H groups in total. The van der Waals surface area contributed by atoms with Crippen LogP contribution < -0.4 is 10.1 Å². The van der Waals surface area contributed by atoms with E-state index >= 15 is 0 Å². The van der Waals surface area contributed by atoms with Crippen molar-refractivity contribution in [2.75, 3.05) is 13.1 Å². The summed E-state index contributed by atoms with van der Waals surface area (Å²) in [6, 6.07) is 17.8. The molecule has 0 aromatic heterocycles. The van der Waals surface area contributed by atoms with Crippen LogP contribution in [0.5, 0.6) is 5.75 Å². The molecule has 0 aliphatic carbocycles. The van der Waals surface area contributed by atoms with Crippen LogP contribution in [-0.2, 0) is 6.61 Å². The minimum atomic E-state index is -0.472. The van der Waals surface area contributed by atoms with Crippen LogP contribution in [0.2, 0.25) is 0 Å². The van der Waals surface area contributed by atoms with Gasteiger partial charge in [-0.3, -0.25) is 0 Å². The van der Waals surface area contributed by atoms with Crippen molar-refractivity contribution in [3.63, 3.8) is 0 Å². The van der Waals surface area contributed by atoms with Gasteiger partial charge in [-0.05, 0) is 36.2 Å². The number of ether oxygens (including phenoxy) is 1. The maximum atomic E-state index is 10.1. The van der Waals surface area contributed by atoms with Crippen molar-refractivity contribution in [3.05, 3.63) is 65.7 Å². The number of hydrogen-bond acceptors (Lipinski definition) is 3. The van der Waals surface area contributed by atoms with Gasteiger partial charge < -0.3 is 15.2 Å². The van der Waals surface area contributed by atoms with Crippen LogP contribution in [0.15, 0.2) is 54.6 Å². The molecule has 0 aliphatic heterocycles. The normalized spacial score (nSPS) is 12.1.